The molecule has 2 unspecified atom stereocenters. The number of hydrogen-bond donors (Lipinski definition) is 0. The lowest BCUT2D eigenvalue weighted by Crippen LogP contribution is -2.63. The molecule has 20 heavy (non-hydrogen) atoms. The van der Waals surface area contributed by atoms with Crippen LogP contribution in [0.1, 0.15) is 27.7 Å². The van der Waals surface area contributed by atoms with Gasteiger partial charge in [0.15, 0.2) is 8.32 Å². The first-order valence-electron chi connectivity index (χ1n) is 6.63. The number of nitrogens with zero attached hydrogens (tertiary/aromatic N) is 1. The zero-order valence-corrected chi connectivity index (χ0v) is 13.9. The van der Waals surface area contributed by atoms with Gasteiger partial charge in [-0.3, -0.25) is 14.5 Å². The van der Waals surface area contributed by atoms with Gasteiger partial charge in [0, 0.05) is 6.54 Å². The number of carboxylic acids is 1. The third kappa shape index (κ3) is 3.09. The number of amides is 2. The highest BCUT2D eigenvalue weighted by atomic mass is 28.4. The number of hydrogen-bond acceptors (Lipinski definition) is 5. The Bertz CT molecular complexity index is 441. The number of β-lactam (4-membered cyclic amide) rings is 1. The van der Waals surface area contributed by atoms with Gasteiger partial charge in [-0.15, -0.1) is 0 Å². The third-order valence-electron chi connectivity index (χ3n) is 4.24. The van der Waals surface area contributed by atoms with Crippen LogP contribution in [0.5, 0.6) is 0 Å². The van der Waals surface area contributed by atoms with Crippen molar-refractivity contribution in [1.29, 1.82) is 0 Å². The van der Waals surface area contributed by atoms with Crippen LogP contribution in [0, 0.1) is 5.92 Å². The first-order chi connectivity index (χ1) is 8.88. The van der Waals surface area contributed by atoms with Crippen molar-refractivity contribution in [2.24, 2.45) is 5.92 Å². The Kier molecular flexibility index (Phi) is 4.45. The number of aliphatic carboxylic acids is 1. The summed E-state index contributed by atoms with van der Waals surface area (Å²) >= 11 is 0. The van der Waals surface area contributed by atoms with Crippen molar-refractivity contribution in [2.75, 3.05) is 6.54 Å². The molecule has 114 valence electrons. The molecule has 0 bridgehead atoms. The normalized spacial score (nSPS) is 21.4. The summed E-state index contributed by atoms with van der Waals surface area (Å²) in [6.07, 6.45) is -0.325. The quantitative estimate of drug-likeness (QED) is 0.420. The maximum absolute atomic E-state index is 11.8. The molecule has 0 N–H and O–H groups in total. The van der Waals surface area contributed by atoms with E-state index in [4.69, 9.17) is 4.43 Å². The van der Waals surface area contributed by atoms with Crippen LogP contribution in [-0.4, -0.2) is 43.6 Å². The second-order valence-electron chi connectivity index (χ2n) is 6.73. The first kappa shape index (κ1) is 16.8. The number of carbonyl (C=O) groups excluding carboxylic acids is 3. The molecule has 1 heterocycles. The number of rotatable bonds is 3. The summed E-state index contributed by atoms with van der Waals surface area (Å²) in [4.78, 5) is 34.1. The molecule has 0 saturated carbocycles. The number of carbonyl (C=O) groups is 3. The van der Waals surface area contributed by atoms with Crippen molar-refractivity contribution < 1.29 is 23.9 Å². The monoisotopic (exact) mass is 300 g/mol. The summed E-state index contributed by atoms with van der Waals surface area (Å²) in [6, 6.07) is 0. The molecule has 1 saturated heterocycles. The van der Waals surface area contributed by atoms with E-state index in [-0.39, 0.29) is 17.7 Å². The Balaban J connectivity index is 2.65. The van der Waals surface area contributed by atoms with Gasteiger partial charge >= 0.3 is 0 Å². The van der Waals surface area contributed by atoms with E-state index < -0.39 is 32.0 Å². The summed E-state index contributed by atoms with van der Waals surface area (Å²) in [5, 5.41) is 10.5. The summed E-state index contributed by atoms with van der Waals surface area (Å²) in [5.41, 5.74) is 0. The maximum atomic E-state index is 11.8. The predicted octanol–water partition coefficient (Wildman–Crippen LogP) is 0.132. The Labute approximate surface area is 120 Å². The first-order valence-corrected chi connectivity index (χ1v) is 9.54. The van der Waals surface area contributed by atoms with Gasteiger partial charge in [-0.25, -0.2) is 0 Å². The van der Waals surface area contributed by atoms with Gasteiger partial charge in [-0.05, 0) is 25.1 Å². The van der Waals surface area contributed by atoms with Crippen LogP contribution >= 0.6 is 0 Å². The van der Waals surface area contributed by atoms with Crippen LogP contribution in [0.3, 0.4) is 0 Å². The van der Waals surface area contributed by atoms with Gasteiger partial charge in [0.1, 0.15) is 5.97 Å². The van der Waals surface area contributed by atoms with Crippen molar-refractivity contribution >= 4 is 26.1 Å². The van der Waals surface area contributed by atoms with E-state index >= 15 is 0 Å². The molecule has 0 aliphatic carbocycles. The molecule has 0 aromatic heterocycles. The van der Waals surface area contributed by atoms with Crippen LogP contribution in [0.15, 0.2) is 0 Å². The second kappa shape index (κ2) is 5.29. The molecule has 1 aliphatic heterocycles. The number of imide groups is 1. The molecule has 0 spiro atoms. The Morgan fingerprint density at radius 3 is 2.25 bits per heavy atom. The molecule has 2 atom stereocenters. The lowest BCUT2D eigenvalue weighted by Gasteiger charge is -2.44. The smallest absolute Gasteiger partial charge is 0.276 e. The molecule has 0 aromatic rings. The van der Waals surface area contributed by atoms with Crippen LogP contribution in [-0.2, 0) is 18.8 Å². The molecule has 1 aliphatic rings. The fraction of sp³-hybridized carbons (Fsp3) is 0.769. The van der Waals surface area contributed by atoms with Crippen LogP contribution in [0.25, 0.3) is 0 Å². The minimum atomic E-state index is -2.00. The van der Waals surface area contributed by atoms with E-state index in [9.17, 15) is 19.5 Å². The average Bonchev–Trinajstić information content (AvgIpc) is 2.24. The molecule has 2 amide bonds. The zero-order chi connectivity index (χ0) is 15.9. The van der Waals surface area contributed by atoms with Crippen molar-refractivity contribution in [3.8, 4) is 0 Å². The van der Waals surface area contributed by atoms with Crippen molar-refractivity contribution in [3.63, 3.8) is 0 Å². The van der Waals surface area contributed by atoms with E-state index in [1.807, 2.05) is 0 Å². The highest BCUT2D eigenvalue weighted by Gasteiger charge is 2.47. The SMILES string of the molecule is CC(O[Si](C)(C)C(C)(C)C)C1CN(C(=O)C(=O)[O-])C1=O. The molecule has 0 radical (unpaired) electrons. The van der Waals surface area contributed by atoms with Crippen molar-refractivity contribution in [2.45, 2.75) is 51.9 Å². The lowest BCUT2D eigenvalue weighted by molar-refractivity contribution is -0.302. The topological polar surface area (TPSA) is 86.7 Å². The molecule has 1 fully saturated rings. The molecule has 0 aromatic carbocycles. The van der Waals surface area contributed by atoms with Gasteiger partial charge in [0.05, 0.1) is 12.0 Å². The second-order valence-corrected chi connectivity index (χ2v) is 11.5. The van der Waals surface area contributed by atoms with Gasteiger partial charge < -0.3 is 14.3 Å². The van der Waals surface area contributed by atoms with Gasteiger partial charge in [-0.1, -0.05) is 20.8 Å². The Morgan fingerprint density at radius 1 is 1.40 bits per heavy atom. The minimum absolute atomic E-state index is 0.0224. The maximum Gasteiger partial charge on any atom is 0.276 e. The molecular weight excluding hydrogens is 278 g/mol. The molecule has 7 heteroatoms. The fourth-order valence-electron chi connectivity index (χ4n) is 1.82. The number of carboxylic acid groups (broad SMARTS) is 1. The van der Waals surface area contributed by atoms with Crippen LogP contribution in [0.4, 0.5) is 0 Å². The van der Waals surface area contributed by atoms with Gasteiger partial charge in [0.2, 0.25) is 5.91 Å². The van der Waals surface area contributed by atoms with E-state index in [1.165, 1.54) is 0 Å². The predicted molar refractivity (Wildman–Crippen MR) is 73.0 cm³/mol. The van der Waals surface area contributed by atoms with Gasteiger partial charge in [-0.2, -0.15) is 0 Å². The Hall–Kier alpha value is -1.21. The fourth-order valence-corrected chi connectivity index (χ4v) is 3.27. The molecular formula is C13H22NO5Si-. The standard InChI is InChI=1S/C13H23NO5Si/c1-8(19-20(5,6)13(2,3)4)9-7-14(10(9)15)11(16)12(17)18/h8-9H,7H2,1-6H3,(H,17,18)/p-1. The van der Waals surface area contributed by atoms with E-state index in [0.29, 0.717) is 4.90 Å². The zero-order valence-electron chi connectivity index (χ0n) is 12.9. The van der Waals surface area contributed by atoms with E-state index in [2.05, 4.69) is 33.9 Å². The van der Waals surface area contributed by atoms with E-state index in [1.54, 1.807) is 6.92 Å². The summed E-state index contributed by atoms with van der Waals surface area (Å²) in [5.74, 6) is -4.07. The van der Waals surface area contributed by atoms with Crippen molar-refractivity contribution in [1.82, 2.24) is 4.90 Å². The molecule has 1 rings (SSSR count). The summed E-state index contributed by atoms with van der Waals surface area (Å²) in [6.45, 7) is 12.3. The summed E-state index contributed by atoms with van der Waals surface area (Å²) in [7, 11) is -2.00. The Morgan fingerprint density at radius 2 is 1.90 bits per heavy atom. The number of likely N-dealkylation sites (tertiary alicyclic amines) is 1. The van der Waals surface area contributed by atoms with E-state index in [0.717, 1.165) is 0 Å². The molecule has 6 nitrogen and oxygen atoms in total. The minimum Gasteiger partial charge on any atom is -0.540 e. The highest BCUT2D eigenvalue weighted by molar-refractivity contribution is 6.74. The van der Waals surface area contributed by atoms with Crippen LogP contribution in [0.2, 0.25) is 18.1 Å². The lowest BCUT2D eigenvalue weighted by atomic mass is 9.93. The largest absolute Gasteiger partial charge is 0.540 e. The summed E-state index contributed by atoms with van der Waals surface area (Å²) < 4.78 is 6.08. The highest BCUT2D eigenvalue weighted by Crippen LogP contribution is 2.38. The van der Waals surface area contributed by atoms with Gasteiger partial charge in [0.25, 0.3) is 5.91 Å². The third-order valence-corrected chi connectivity index (χ3v) is 8.81. The average molecular weight is 300 g/mol. The van der Waals surface area contributed by atoms with Crippen molar-refractivity contribution in [3.05, 3.63) is 0 Å². The van der Waals surface area contributed by atoms with Crippen LogP contribution < -0.4 is 5.11 Å².